The molecule has 3 nitrogen and oxygen atoms in total. The predicted octanol–water partition coefficient (Wildman–Crippen LogP) is 4.37. The van der Waals surface area contributed by atoms with E-state index in [2.05, 4.69) is 34.8 Å². The minimum absolute atomic E-state index is 0.0832. The number of hydrogen-bond acceptors (Lipinski definition) is 3. The van der Waals surface area contributed by atoms with Gasteiger partial charge in [0.25, 0.3) is 0 Å². The second-order valence-electron chi connectivity index (χ2n) is 4.89. The molecule has 110 valence electrons. The molecule has 0 spiro atoms. The number of halogens is 2. The lowest BCUT2D eigenvalue weighted by Crippen LogP contribution is -2.16. The maximum absolute atomic E-state index is 13.1. The van der Waals surface area contributed by atoms with E-state index in [1.165, 1.54) is 12.1 Å². The Morgan fingerprint density at radius 2 is 1.86 bits per heavy atom. The Bertz CT molecular complexity index is 663. The lowest BCUT2D eigenvalue weighted by Gasteiger charge is -2.22. The van der Waals surface area contributed by atoms with E-state index in [1.54, 1.807) is 6.07 Å². The summed E-state index contributed by atoms with van der Waals surface area (Å²) in [5.74, 6) is 1.34. The van der Waals surface area contributed by atoms with Gasteiger partial charge in [0, 0.05) is 15.3 Å². The van der Waals surface area contributed by atoms with Crippen molar-refractivity contribution in [3.05, 3.63) is 51.3 Å². The molecule has 1 aliphatic rings. The van der Waals surface area contributed by atoms with Crippen LogP contribution in [0.2, 0.25) is 0 Å². The maximum atomic E-state index is 13.1. The quantitative estimate of drug-likeness (QED) is 0.778. The summed E-state index contributed by atoms with van der Waals surface area (Å²) >= 11 is 2.13. The summed E-state index contributed by atoms with van der Waals surface area (Å²) in [7, 11) is 0. The Morgan fingerprint density at radius 1 is 1.10 bits per heavy atom. The van der Waals surface area contributed by atoms with E-state index in [0.717, 1.165) is 26.3 Å². The third-order valence-electron chi connectivity index (χ3n) is 3.37. The highest BCUT2D eigenvalue weighted by Gasteiger charge is 2.15. The molecule has 1 atom stereocenters. The lowest BCUT2D eigenvalue weighted by molar-refractivity contribution is 0.171. The average molecular weight is 399 g/mol. The summed E-state index contributed by atoms with van der Waals surface area (Å²) in [6, 6.07) is 10.7. The molecule has 0 radical (unpaired) electrons. The van der Waals surface area contributed by atoms with Gasteiger partial charge in [0.15, 0.2) is 11.5 Å². The monoisotopic (exact) mass is 399 g/mol. The van der Waals surface area contributed by atoms with Gasteiger partial charge in [-0.05, 0) is 65.4 Å². The first-order valence-corrected chi connectivity index (χ1v) is 7.82. The molecule has 1 aliphatic heterocycles. The van der Waals surface area contributed by atoms with Crippen LogP contribution in [0, 0.1) is 9.39 Å². The summed E-state index contributed by atoms with van der Waals surface area (Å²) in [5, 5.41) is 3.39. The zero-order chi connectivity index (χ0) is 14.8. The van der Waals surface area contributed by atoms with Crippen molar-refractivity contribution in [2.45, 2.75) is 13.0 Å². The van der Waals surface area contributed by atoms with Crippen molar-refractivity contribution in [1.29, 1.82) is 0 Å². The molecule has 0 aromatic heterocycles. The molecule has 0 saturated carbocycles. The average Bonchev–Trinajstić information content (AvgIpc) is 2.49. The topological polar surface area (TPSA) is 30.5 Å². The van der Waals surface area contributed by atoms with E-state index < -0.39 is 0 Å². The van der Waals surface area contributed by atoms with Crippen LogP contribution in [-0.4, -0.2) is 13.2 Å². The minimum atomic E-state index is -0.225. The summed E-state index contributed by atoms with van der Waals surface area (Å²) in [5.41, 5.74) is 2.01. The molecule has 1 unspecified atom stereocenters. The number of nitrogens with one attached hydrogen (secondary N) is 1. The Morgan fingerprint density at radius 3 is 2.62 bits per heavy atom. The molecule has 5 heteroatoms. The van der Waals surface area contributed by atoms with Gasteiger partial charge in [0.2, 0.25) is 0 Å². The van der Waals surface area contributed by atoms with Gasteiger partial charge in [-0.1, -0.05) is 6.07 Å². The summed E-state index contributed by atoms with van der Waals surface area (Å²) in [4.78, 5) is 0. The molecule has 0 saturated heterocycles. The largest absolute Gasteiger partial charge is 0.486 e. The van der Waals surface area contributed by atoms with E-state index in [-0.39, 0.29) is 11.9 Å². The van der Waals surface area contributed by atoms with Gasteiger partial charge < -0.3 is 14.8 Å². The van der Waals surface area contributed by atoms with Gasteiger partial charge in [-0.25, -0.2) is 4.39 Å². The zero-order valence-corrected chi connectivity index (χ0v) is 13.7. The number of hydrogen-bond donors (Lipinski definition) is 1. The lowest BCUT2D eigenvalue weighted by atomic mass is 10.1. The fourth-order valence-corrected chi connectivity index (χ4v) is 2.89. The Kier molecular flexibility index (Phi) is 4.19. The highest BCUT2D eigenvalue weighted by molar-refractivity contribution is 14.1. The Labute approximate surface area is 136 Å². The highest BCUT2D eigenvalue weighted by atomic mass is 127. The van der Waals surface area contributed by atoms with Crippen LogP contribution in [0.3, 0.4) is 0 Å². The molecule has 1 N–H and O–H groups in total. The van der Waals surface area contributed by atoms with Crippen LogP contribution in [0.1, 0.15) is 18.5 Å². The number of benzene rings is 2. The number of fused-ring (bicyclic) bond motifs is 1. The molecule has 21 heavy (non-hydrogen) atoms. The van der Waals surface area contributed by atoms with Crippen LogP contribution < -0.4 is 14.8 Å². The van der Waals surface area contributed by atoms with E-state index in [9.17, 15) is 4.39 Å². The highest BCUT2D eigenvalue weighted by Crippen LogP contribution is 2.33. The van der Waals surface area contributed by atoms with E-state index in [4.69, 9.17) is 9.47 Å². The van der Waals surface area contributed by atoms with Crippen molar-refractivity contribution in [3.63, 3.8) is 0 Å². The van der Waals surface area contributed by atoms with Crippen LogP contribution >= 0.6 is 22.6 Å². The van der Waals surface area contributed by atoms with E-state index in [0.29, 0.717) is 13.2 Å². The second-order valence-corrected chi connectivity index (χ2v) is 6.06. The zero-order valence-electron chi connectivity index (χ0n) is 11.5. The molecule has 0 amide bonds. The first-order valence-electron chi connectivity index (χ1n) is 6.74. The summed E-state index contributed by atoms with van der Waals surface area (Å²) < 4.78 is 25.1. The standard InChI is InChI=1S/C16H15FINO2/c1-10(19-14-4-3-12(17)9-13(14)18)11-2-5-15-16(8-11)21-7-6-20-15/h2-5,8-10,19H,6-7H2,1H3. The third-order valence-corrected chi connectivity index (χ3v) is 4.26. The fourth-order valence-electron chi connectivity index (χ4n) is 2.25. The molecule has 0 bridgehead atoms. The first-order chi connectivity index (χ1) is 10.1. The van der Waals surface area contributed by atoms with E-state index in [1.807, 2.05) is 18.2 Å². The van der Waals surface area contributed by atoms with Crippen LogP contribution in [0.25, 0.3) is 0 Å². The van der Waals surface area contributed by atoms with Gasteiger partial charge >= 0.3 is 0 Å². The normalized spacial score (nSPS) is 14.6. The Balaban J connectivity index is 1.80. The molecular formula is C16H15FINO2. The maximum Gasteiger partial charge on any atom is 0.161 e. The van der Waals surface area contributed by atoms with Crippen molar-refractivity contribution < 1.29 is 13.9 Å². The van der Waals surface area contributed by atoms with Crippen LogP contribution in [0.5, 0.6) is 11.5 Å². The number of rotatable bonds is 3. The van der Waals surface area contributed by atoms with Crippen molar-refractivity contribution in [2.24, 2.45) is 0 Å². The molecular weight excluding hydrogens is 384 g/mol. The van der Waals surface area contributed by atoms with Gasteiger partial charge in [-0.15, -0.1) is 0 Å². The molecule has 2 aromatic carbocycles. The smallest absolute Gasteiger partial charge is 0.161 e. The molecule has 0 aliphatic carbocycles. The summed E-state index contributed by atoms with van der Waals surface area (Å²) in [6.07, 6.45) is 0. The van der Waals surface area contributed by atoms with Gasteiger partial charge in [0.05, 0.1) is 0 Å². The molecule has 3 rings (SSSR count). The Hall–Kier alpha value is -1.50. The minimum Gasteiger partial charge on any atom is -0.486 e. The molecule has 0 fully saturated rings. The number of anilines is 1. The van der Waals surface area contributed by atoms with Crippen LogP contribution in [0.4, 0.5) is 10.1 Å². The van der Waals surface area contributed by atoms with Gasteiger partial charge in [-0.2, -0.15) is 0 Å². The van der Waals surface area contributed by atoms with Gasteiger partial charge in [-0.3, -0.25) is 0 Å². The SMILES string of the molecule is CC(Nc1ccc(F)cc1I)c1ccc2c(c1)OCCO2. The van der Waals surface area contributed by atoms with Crippen LogP contribution in [-0.2, 0) is 0 Å². The fraction of sp³-hybridized carbons (Fsp3) is 0.250. The predicted molar refractivity (Wildman–Crippen MR) is 88.6 cm³/mol. The molecule has 1 heterocycles. The van der Waals surface area contributed by atoms with Crippen molar-refractivity contribution in [2.75, 3.05) is 18.5 Å². The van der Waals surface area contributed by atoms with Gasteiger partial charge in [0.1, 0.15) is 19.0 Å². The van der Waals surface area contributed by atoms with E-state index >= 15 is 0 Å². The van der Waals surface area contributed by atoms with Crippen molar-refractivity contribution in [1.82, 2.24) is 0 Å². The van der Waals surface area contributed by atoms with Crippen molar-refractivity contribution in [3.8, 4) is 11.5 Å². The second kappa shape index (κ2) is 6.09. The molecule has 2 aromatic rings. The summed E-state index contributed by atoms with van der Waals surface area (Å²) in [6.45, 7) is 3.23. The number of ether oxygens (including phenoxy) is 2. The first kappa shape index (κ1) is 14.4. The third kappa shape index (κ3) is 3.23. The van der Waals surface area contributed by atoms with Crippen LogP contribution in [0.15, 0.2) is 36.4 Å². The van der Waals surface area contributed by atoms with Crippen molar-refractivity contribution >= 4 is 28.3 Å².